The van der Waals surface area contributed by atoms with Gasteiger partial charge in [0, 0.05) is 19.1 Å². The molecule has 21 heavy (non-hydrogen) atoms. The highest BCUT2D eigenvalue weighted by Gasteiger charge is 2.27. The van der Waals surface area contributed by atoms with E-state index in [0.29, 0.717) is 12.6 Å². The van der Waals surface area contributed by atoms with Gasteiger partial charge in [0.1, 0.15) is 17.8 Å². The van der Waals surface area contributed by atoms with E-state index in [-0.39, 0.29) is 12.1 Å². The number of amides is 1. The van der Waals surface area contributed by atoms with Gasteiger partial charge in [0.25, 0.3) is 0 Å². The lowest BCUT2D eigenvalue weighted by Gasteiger charge is -2.21. The molecule has 2 unspecified atom stereocenters. The van der Waals surface area contributed by atoms with E-state index < -0.39 is 5.60 Å². The molecule has 1 aliphatic rings. The Morgan fingerprint density at radius 2 is 2.14 bits per heavy atom. The second-order valence-electron chi connectivity index (χ2n) is 6.59. The SMILES string of the molecule is Cn1cnnc1CNC1CCC(NC(=O)OC(C)(C)C)C1. The topological polar surface area (TPSA) is 81.1 Å². The molecule has 1 saturated carbocycles. The molecule has 1 aliphatic carbocycles. The van der Waals surface area contributed by atoms with Crippen LogP contribution in [0.3, 0.4) is 0 Å². The zero-order valence-corrected chi connectivity index (χ0v) is 13.2. The van der Waals surface area contributed by atoms with Crippen LogP contribution in [0.25, 0.3) is 0 Å². The maximum absolute atomic E-state index is 11.7. The van der Waals surface area contributed by atoms with Crippen molar-refractivity contribution < 1.29 is 9.53 Å². The highest BCUT2D eigenvalue weighted by atomic mass is 16.6. The molecule has 1 aromatic heterocycles. The van der Waals surface area contributed by atoms with Crippen molar-refractivity contribution >= 4 is 6.09 Å². The fraction of sp³-hybridized carbons (Fsp3) is 0.786. The fourth-order valence-electron chi connectivity index (χ4n) is 2.48. The molecule has 0 aromatic carbocycles. The van der Waals surface area contributed by atoms with Gasteiger partial charge < -0.3 is 19.9 Å². The van der Waals surface area contributed by atoms with Crippen molar-refractivity contribution in [1.29, 1.82) is 0 Å². The number of ether oxygens (including phenoxy) is 1. The van der Waals surface area contributed by atoms with Crippen LogP contribution in [-0.2, 0) is 18.3 Å². The summed E-state index contributed by atoms with van der Waals surface area (Å²) in [5, 5.41) is 14.3. The van der Waals surface area contributed by atoms with Gasteiger partial charge in [-0.25, -0.2) is 4.79 Å². The Morgan fingerprint density at radius 1 is 1.43 bits per heavy atom. The number of alkyl carbamates (subject to hydrolysis) is 1. The monoisotopic (exact) mass is 295 g/mol. The lowest BCUT2D eigenvalue weighted by atomic mass is 10.2. The Hall–Kier alpha value is -1.63. The van der Waals surface area contributed by atoms with Crippen molar-refractivity contribution in [3.05, 3.63) is 12.2 Å². The molecule has 2 rings (SSSR count). The molecule has 1 aromatic rings. The van der Waals surface area contributed by atoms with Crippen LogP contribution < -0.4 is 10.6 Å². The van der Waals surface area contributed by atoms with Gasteiger partial charge >= 0.3 is 6.09 Å². The first kappa shape index (κ1) is 15.8. The number of rotatable bonds is 4. The Morgan fingerprint density at radius 3 is 2.76 bits per heavy atom. The summed E-state index contributed by atoms with van der Waals surface area (Å²) in [6, 6.07) is 0.568. The number of carbonyl (C=O) groups is 1. The highest BCUT2D eigenvalue weighted by Crippen LogP contribution is 2.20. The molecule has 1 fully saturated rings. The number of nitrogens with zero attached hydrogens (tertiary/aromatic N) is 3. The molecular formula is C14H25N5O2. The zero-order valence-electron chi connectivity index (χ0n) is 13.2. The minimum absolute atomic E-state index is 0.178. The summed E-state index contributed by atoms with van der Waals surface area (Å²) in [7, 11) is 1.93. The largest absolute Gasteiger partial charge is 0.444 e. The molecule has 2 atom stereocenters. The van der Waals surface area contributed by atoms with Gasteiger partial charge in [-0.15, -0.1) is 10.2 Å². The molecule has 1 heterocycles. The predicted molar refractivity (Wildman–Crippen MR) is 78.6 cm³/mol. The van der Waals surface area contributed by atoms with Gasteiger partial charge in [-0.1, -0.05) is 0 Å². The number of carbonyl (C=O) groups excluding carboxylic acids is 1. The minimum atomic E-state index is -0.453. The van der Waals surface area contributed by atoms with E-state index in [1.54, 1.807) is 6.33 Å². The first-order valence-electron chi connectivity index (χ1n) is 7.39. The number of aryl methyl sites for hydroxylation is 1. The van der Waals surface area contributed by atoms with Crippen molar-refractivity contribution in [3.63, 3.8) is 0 Å². The first-order chi connectivity index (χ1) is 9.83. The van der Waals surface area contributed by atoms with E-state index in [9.17, 15) is 4.79 Å². The van der Waals surface area contributed by atoms with Crippen LogP contribution in [0, 0.1) is 0 Å². The lowest BCUT2D eigenvalue weighted by Crippen LogP contribution is -2.39. The molecule has 2 N–H and O–H groups in total. The van der Waals surface area contributed by atoms with E-state index in [4.69, 9.17) is 4.74 Å². The maximum Gasteiger partial charge on any atom is 0.407 e. The fourth-order valence-corrected chi connectivity index (χ4v) is 2.48. The average Bonchev–Trinajstić information content (AvgIpc) is 2.93. The van der Waals surface area contributed by atoms with Crippen LogP contribution in [0.5, 0.6) is 0 Å². The lowest BCUT2D eigenvalue weighted by molar-refractivity contribution is 0.0505. The van der Waals surface area contributed by atoms with Crippen molar-refractivity contribution in [2.24, 2.45) is 7.05 Å². The van der Waals surface area contributed by atoms with E-state index in [1.165, 1.54) is 0 Å². The van der Waals surface area contributed by atoms with Crippen molar-refractivity contribution in [3.8, 4) is 0 Å². The van der Waals surface area contributed by atoms with E-state index in [1.807, 2.05) is 32.4 Å². The molecule has 0 aliphatic heterocycles. The Labute approximate surface area is 125 Å². The van der Waals surface area contributed by atoms with Gasteiger partial charge in [0.05, 0.1) is 6.54 Å². The summed E-state index contributed by atoms with van der Waals surface area (Å²) in [6.45, 7) is 6.30. The van der Waals surface area contributed by atoms with Gasteiger partial charge in [-0.05, 0) is 40.0 Å². The summed E-state index contributed by atoms with van der Waals surface area (Å²) in [4.78, 5) is 11.7. The standard InChI is InChI=1S/C14H25N5O2/c1-14(2,3)21-13(20)17-11-6-5-10(7-11)15-8-12-18-16-9-19(12)4/h9-11,15H,5-8H2,1-4H3,(H,17,20). The number of aromatic nitrogens is 3. The third-order valence-corrected chi connectivity index (χ3v) is 3.51. The molecule has 7 nitrogen and oxygen atoms in total. The van der Waals surface area contributed by atoms with Gasteiger partial charge in [-0.3, -0.25) is 0 Å². The third kappa shape index (κ3) is 5.00. The second-order valence-corrected chi connectivity index (χ2v) is 6.59. The first-order valence-corrected chi connectivity index (χ1v) is 7.39. The number of hydrogen-bond acceptors (Lipinski definition) is 5. The normalized spacial score (nSPS) is 22.3. The molecule has 0 spiro atoms. The summed E-state index contributed by atoms with van der Waals surface area (Å²) in [5.41, 5.74) is -0.453. The highest BCUT2D eigenvalue weighted by molar-refractivity contribution is 5.68. The van der Waals surface area contributed by atoms with Crippen LogP contribution in [0.15, 0.2) is 6.33 Å². The molecule has 0 saturated heterocycles. The minimum Gasteiger partial charge on any atom is -0.444 e. The quantitative estimate of drug-likeness (QED) is 0.876. The summed E-state index contributed by atoms with van der Waals surface area (Å²) in [6.07, 6.45) is 4.28. The van der Waals surface area contributed by atoms with Gasteiger partial charge in [0.2, 0.25) is 0 Å². The van der Waals surface area contributed by atoms with E-state index in [0.717, 1.165) is 25.1 Å². The smallest absolute Gasteiger partial charge is 0.407 e. The second kappa shape index (κ2) is 6.43. The molecule has 0 bridgehead atoms. The van der Waals surface area contributed by atoms with Crippen LogP contribution in [0.1, 0.15) is 45.9 Å². The maximum atomic E-state index is 11.7. The molecular weight excluding hydrogens is 270 g/mol. The Bertz CT molecular complexity index is 480. The summed E-state index contributed by atoms with van der Waals surface area (Å²) < 4.78 is 7.18. The van der Waals surface area contributed by atoms with Crippen LogP contribution in [-0.4, -0.2) is 38.5 Å². The predicted octanol–water partition coefficient (Wildman–Crippen LogP) is 1.35. The Kier molecular flexibility index (Phi) is 4.82. The van der Waals surface area contributed by atoms with Crippen molar-refractivity contribution in [2.45, 2.75) is 64.3 Å². The van der Waals surface area contributed by atoms with E-state index >= 15 is 0 Å². The Balaban J connectivity index is 1.71. The average molecular weight is 295 g/mol. The molecule has 7 heteroatoms. The van der Waals surface area contributed by atoms with Crippen LogP contribution >= 0.6 is 0 Å². The van der Waals surface area contributed by atoms with Crippen LogP contribution in [0.2, 0.25) is 0 Å². The molecule has 118 valence electrons. The molecule has 1 amide bonds. The van der Waals surface area contributed by atoms with Crippen molar-refractivity contribution in [1.82, 2.24) is 25.4 Å². The molecule has 0 radical (unpaired) electrons. The van der Waals surface area contributed by atoms with E-state index in [2.05, 4.69) is 20.8 Å². The zero-order chi connectivity index (χ0) is 15.5. The number of hydrogen-bond donors (Lipinski definition) is 2. The summed E-state index contributed by atoms with van der Waals surface area (Å²) in [5.74, 6) is 0.915. The van der Waals surface area contributed by atoms with Gasteiger partial charge in [0.15, 0.2) is 0 Å². The van der Waals surface area contributed by atoms with Crippen LogP contribution in [0.4, 0.5) is 4.79 Å². The third-order valence-electron chi connectivity index (χ3n) is 3.51. The van der Waals surface area contributed by atoms with Gasteiger partial charge in [-0.2, -0.15) is 0 Å². The number of nitrogens with one attached hydrogen (secondary N) is 2. The summed E-state index contributed by atoms with van der Waals surface area (Å²) >= 11 is 0. The van der Waals surface area contributed by atoms with Crippen molar-refractivity contribution in [2.75, 3.05) is 0 Å².